The van der Waals surface area contributed by atoms with E-state index in [9.17, 15) is 13.2 Å². The van der Waals surface area contributed by atoms with Crippen molar-refractivity contribution in [3.63, 3.8) is 0 Å². The third-order valence-electron chi connectivity index (χ3n) is 6.67. The number of sulfonamides is 1. The Morgan fingerprint density at radius 3 is 2.19 bits per heavy atom. The zero-order chi connectivity index (χ0) is 19.2. The number of carbonyl (C=O) groups is 1. The molecule has 5 nitrogen and oxygen atoms in total. The van der Waals surface area contributed by atoms with E-state index >= 15 is 0 Å². The van der Waals surface area contributed by atoms with Crippen molar-refractivity contribution in [2.24, 2.45) is 0 Å². The first-order valence-electron chi connectivity index (χ1n) is 9.85. The first-order chi connectivity index (χ1) is 12.8. The Balaban J connectivity index is 1.51. The normalized spacial score (nSPS) is 30.4. The average molecular weight is 411 g/mol. The molecule has 1 aliphatic carbocycles. The molecule has 0 aromatic heterocycles. The van der Waals surface area contributed by atoms with Crippen molar-refractivity contribution in [3.05, 3.63) is 34.9 Å². The fourth-order valence-corrected chi connectivity index (χ4v) is 7.10. The van der Waals surface area contributed by atoms with E-state index in [4.69, 9.17) is 11.6 Å². The van der Waals surface area contributed by atoms with Gasteiger partial charge >= 0.3 is 0 Å². The van der Waals surface area contributed by atoms with Gasteiger partial charge in [-0.3, -0.25) is 4.79 Å². The molecule has 148 valence electrons. The van der Waals surface area contributed by atoms with Crippen LogP contribution in [0.25, 0.3) is 0 Å². The van der Waals surface area contributed by atoms with Gasteiger partial charge in [0.25, 0.3) is 0 Å². The molecule has 2 unspecified atom stereocenters. The van der Waals surface area contributed by atoms with Crippen LogP contribution in [0.5, 0.6) is 0 Å². The van der Waals surface area contributed by atoms with Crippen LogP contribution in [0.1, 0.15) is 56.9 Å². The highest BCUT2D eigenvalue weighted by molar-refractivity contribution is 7.88. The van der Waals surface area contributed by atoms with Crippen LogP contribution < -0.4 is 5.32 Å². The number of piperidine rings is 1. The van der Waals surface area contributed by atoms with Gasteiger partial charge in [0.2, 0.25) is 15.9 Å². The lowest BCUT2D eigenvalue weighted by Crippen LogP contribution is -2.54. The highest BCUT2D eigenvalue weighted by atomic mass is 35.5. The Bertz CT molecular complexity index is 804. The molecule has 1 saturated carbocycles. The van der Waals surface area contributed by atoms with Crippen molar-refractivity contribution in [2.75, 3.05) is 6.26 Å². The molecule has 2 atom stereocenters. The molecule has 3 aliphatic rings. The van der Waals surface area contributed by atoms with Gasteiger partial charge in [0.15, 0.2) is 0 Å². The molecule has 27 heavy (non-hydrogen) atoms. The van der Waals surface area contributed by atoms with Crippen molar-refractivity contribution < 1.29 is 13.2 Å². The molecule has 2 bridgehead atoms. The zero-order valence-electron chi connectivity index (χ0n) is 15.7. The Hall–Kier alpha value is -1.11. The second-order valence-electron chi connectivity index (χ2n) is 8.42. The predicted octanol–water partition coefficient (Wildman–Crippen LogP) is 3.22. The monoisotopic (exact) mass is 410 g/mol. The third kappa shape index (κ3) is 3.52. The largest absolute Gasteiger partial charge is 0.352 e. The van der Waals surface area contributed by atoms with Crippen molar-refractivity contribution in [1.29, 1.82) is 0 Å². The Labute approximate surface area is 166 Å². The van der Waals surface area contributed by atoms with Gasteiger partial charge < -0.3 is 5.32 Å². The molecule has 1 aromatic carbocycles. The first-order valence-corrected chi connectivity index (χ1v) is 12.1. The number of halogens is 1. The van der Waals surface area contributed by atoms with Crippen LogP contribution in [-0.2, 0) is 20.2 Å². The number of hydrogen-bond acceptors (Lipinski definition) is 3. The molecule has 1 amide bonds. The van der Waals surface area contributed by atoms with Gasteiger partial charge in [0, 0.05) is 23.1 Å². The molecule has 2 saturated heterocycles. The summed E-state index contributed by atoms with van der Waals surface area (Å²) in [6, 6.07) is 7.77. The summed E-state index contributed by atoms with van der Waals surface area (Å²) in [5, 5.41) is 3.97. The van der Waals surface area contributed by atoms with Gasteiger partial charge in [-0.15, -0.1) is 0 Å². The number of rotatable bonds is 4. The quantitative estimate of drug-likeness (QED) is 0.828. The molecule has 2 aliphatic heterocycles. The highest BCUT2D eigenvalue weighted by Crippen LogP contribution is 2.43. The van der Waals surface area contributed by atoms with Gasteiger partial charge in [0.1, 0.15) is 0 Å². The minimum Gasteiger partial charge on any atom is -0.352 e. The summed E-state index contributed by atoms with van der Waals surface area (Å²) >= 11 is 6.03. The topological polar surface area (TPSA) is 66.5 Å². The second-order valence-corrected chi connectivity index (χ2v) is 10.7. The van der Waals surface area contributed by atoms with E-state index in [1.54, 1.807) is 4.31 Å². The number of carbonyl (C=O) groups excluding carboxylic acids is 1. The lowest BCUT2D eigenvalue weighted by atomic mass is 9.77. The van der Waals surface area contributed by atoms with Gasteiger partial charge in [-0.1, -0.05) is 36.6 Å². The van der Waals surface area contributed by atoms with Crippen molar-refractivity contribution in [2.45, 2.75) is 74.9 Å². The minimum absolute atomic E-state index is 0.0270. The van der Waals surface area contributed by atoms with Crippen LogP contribution in [-0.4, -0.2) is 43.0 Å². The van der Waals surface area contributed by atoms with Gasteiger partial charge in [0.05, 0.1) is 11.7 Å². The number of benzene rings is 1. The molecule has 3 fully saturated rings. The fourth-order valence-electron chi connectivity index (χ4n) is 5.51. The van der Waals surface area contributed by atoms with E-state index in [0.717, 1.165) is 44.1 Å². The maximum absolute atomic E-state index is 13.4. The zero-order valence-corrected chi connectivity index (χ0v) is 17.2. The summed E-state index contributed by atoms with van der Waals surface area (Å²) in [6.07, 6.45) is 8.33. The average Bonchev–Trinajstić information content (AvgIpc) is 3.20. The van der Waals surface area contributed by atoms with Gasteiger partial charge in [-0.2, -0.15) is 4.31 Å². The fraction of sp³-hybridized carbons (Fsp3) is 0.650. The summed E-state index contributed by atoms with van der Waals surface area (Å²) in [5.41, 5.74) is 0.566. The molecule has 0 spiro atoms. The number of fused-ring (bicyclic) bond motifs is 2. The van der Waals surface area contributed by atoms with Crippen LogP contribution in [0.4, 0.5) is 0 Å². The number of nitrogens with one attached hydrogen (secondary N) is 1. The van der Waals surface area contributed by atoms with E-state index in [2.05, 4.69) is 5.32 Å². The minimum atomic E-state index is -3.18. The SMILES string of the molecule is CS(=O)(=O)N1C2CCC1CC(NC(=O)C1(c3ccc(Cl)cc3)CCCC1)C2. The smallest absolute Gasteiger partial charge is 0.230 e. The molecular weight excluding hydrogens is 384 g/mol. The summed E-state index contributed by atoms with van der Waals surface area (Å²) in [6.45, 7) is 0. The summed E-state index contributed by atoms with van der Waals surface area (Å²) in [5.74, 6) is 0.0968. The first kappa shape index (κ1) is 19.2. The lowest BCUT2D eigenvalue weighted by Gasteiger charge is -2.39. The summed E-state index contributed by atoms with van der Waals surface area (Å²) in [7, 11) is -3.18. The highest BCUT2D eigenvalue weighted by Gasteiger charge is 2.48. The standard InChI is InChI=1S/C20H27ClN2O3S/c1-27(25,26)23-17-8-9-18(23)13-16(12-17)22-19(24)20(10-2-3-11-20)14-4-6-15(21)7-5-14/h4-7,16-18H,2-3,8-13H2,1H3,(H,22,24). The van der Waals surface area contributed by atoms with Crippen molar-refractivity contribution >= 4 is 27.5 Å². The third-order valence-corrected chi connectivity index (χ3v) is 8.29. The van der Waals surface area contributed by atoms with Gasteiger partial charge in [-0.25, -0.2) is 8.42 Å². The molecular formula is C20H27ClN2O3S. The van der Waals surface area contributed by atoms with E-state index < -0.39 is 15.4 Å². The number of hydrogen-bond donors (Lipinski definition) is 1. The van der Waals surface area contributed by atoms with Gasteiger partial charge in [-0.05, 0) is 56.2 Å². The van der Waals surface area contributed by atoms with E-state index in [-0.39, 0.29) is 24.0 Å². The van der Waals surface area contributed by atoms with Crippen LogP contribution >= 0.6 is 11.6 Å². The molecule has 7 heteroatoms. The van der Waals surface area contributed by atoms with E-state index in [0.29, 0.717) is 17.9 Å². The number of amides is 1. The summed E-state index contributed by atoms with van der Waals surface area (Å²) in [4.78, 5) is 13.4. The van der Waals surface area contributed by atoms with Crippen LogP contribution in [0.3, 0.4) is 0 Å². The van der Waals surface area contributed by atoms with E-state index in [1.165, 1.54) is 6.26 Å². The predicted molar refractivity (Wildman–Crippen MR) is 106 cm³/mol. The molecule has 2 heterocycles. The summed E-state index contributed by atoms with van der Waals surface area (Å²) < 4.78 is 25.8. The van der Waals surface area contributed by atoms with Crippen molar-refractivity contribution in [1.82, 2.24) is 9.62 Å². The van der Waals surface area contributed by atoms with Crippen LogP contribution in [0.15, 0.2) is 24.3 Å². The molecule has 4 rings (SSSR count). The van der Waals surface area contributed by atoms with Crippen molar-refractivity contribution in [3.8, 4) is 0 Å². The maximum Gasteiger partial charge on any atom is 0.230 e. The Morgan fingerprint density at radius 2 is 1.67 bits per heavy atom. The van der Waals surface area contributed by atoms with Crippen LogP contribution in [0.2, 0.25) is 5.02 Å². The van der Waals surface area contributed by atoms with Crippen LogP contribution in [0, 0.1) is 0 Å². The van der Waals surface area contributed by atoms with E-state index in [1.807, 2.05) is 24.3 Å². The number of nitrogens with zero attached hydrogens (tertiary/aromatic N) is 1. The Kier molecular flexibility index (Phi) is 5.02. The Morgan fingerprint density at radius 1 is 1.11 bits per heavy atom. The second kappa shape index (κ2) is 7.05. The molecule has 1 N–H and O–H groups in total. The molecule has 0 radical (unpaired) electrons. The maximum atomic E-state index is 13.4. The lowest BCUT2D eigenvalue weighted by molar-refractivity contribution is -0.127. The molecule has 1 aromatic rings.